The number of rotatable bonds is 4. The van der Waals surface area contributed by atoms with Gasteiger partial charge in [-0.15, -0.1) is 0 Å². The topological polar surface area (TPSA) is 62.9 Å². The van der Waals surface area contributed by atoms with Crippen molar-refractivity contribution in [1.82, 2.24) is 4.90 Å². The first-order chi connectivity index (χ1) is 11.9. The van der Waals surface area contributed by atoms with E-state index in [9.17, 15) is 9.90 Å². The standard InChI is InChI=1S/C20H21NO4/c1-12-16-10-17(22)14(11-21(2)3)9-18(16)25-20(23)19(12)13-5-7-15(24-4)8-6-13/h5-10,22H,11H2,1-4H3. The Hall–Kier alpha value is -2.79. The Labute approximate surface area is 146 Å². The van der Waals surface area contributed by atoms with Crippen molar-refractivity contribution in [2.45, 2.75) is 13.5 Å². The number of fused-ring (bicyclic) bond motifs is 1. The van der Waals surface area contributed by atoms with E-state index in [1.165, 1.54) is 0 Å². The summed E-state index contributed by atoms with van der Waals surface area (Å²) in [6.07, 6.45) is 0. The molecule has 1 heterocycles. The zero-order valence-electron chi connectivity index (χ0n) is 14.8. The van der Waals surface area contributed by atoms with Crippen molar-refractivity contribution in [1.29, 1.82) is 0 Å². The maximum atomic E-state index is 12.6. The largest absolute Gasteiger partial charge is 0.508 e. The average molecular weight is 339 g/mol. The van der Waals surface area contributed by atoms with Gasteiger partial charge in [0.25, 0.3) is 0 Å². The number of phenolic OH excluding ortho intramolecular Hbond substituents is 1. The van der Waals surface area contributed by atoms with E-state index in [1.54, 1.807) is 31.4 Å². The zero-order chi connectivity index (χ0) is 18.1. The predicted molar refractivity (Wildman–Crippen MR) is 98.3 cm³/mol. The van der Waals surface area contributed by atoms with Crippen LogP contribution >= 0.6 is 0 Å². The van der Waals surface area contributed by atoms with Crippen LogP contribution < -0.4 is 10.4 Å². The minimum Gasteiger partial charge on any atom is -0.508 e. The highest BCUT2D eigenvalue weighted by Gasteiger charge is 2.16. The molecule has 5 heteroatoms. The van der Waals surface area contributed by atoms with E-state index in [1.807, 2.05) is 38.1 Å². The maximum absolute atomic E-state index is 12.6. The normalized spacial score (nSPS) is 11.2. The van der Waals surface area contributed by atoms with Crippen molar-refractivity contribution < 1.29 is 14.3 Å². The lowest BCUT2D eigenvalue weighted by Crippen LogP contribution is -2.11. The molecular formula is C20H21NO4. The molecule has 0 saturated heterocycles. The first-order valence-corrected chi connectivity index (χ1v) is 7.99. The molecular weight excluding hydrogens is 318 g/mol. The molecule has 3 aromatic rings. The Kier molecular flexibility index (Phi) is 4.51. The SMILES string of the molecule is COc1ccc(-c2c(C)c3cc(O)c(CN(C)C)cc3oc2=O)cc1. The minimum atomic E-state index is -0.392. The Morgan fingerprint density at radius 3 is 2.44 bits per heavy atom. The number of hydrogen-bond donors (Lipinski definition) is 1. The van der Waals surface area contributed by atoms with Crippen LogP contribution in [0.4, 0.5) is 0 Å². The van der Waals surface area contributed by atoms with Crippen molar-refractivity contribution in [3.63, 3.8) is 0 Å². The van der Waals surface area contributed by atoms with Crippen molar-refractivity contribution in [2.75, 3.05) is 21.2 Å². The first-order valence-electron chi connectivity index (χ1n) is 7.99. The third-order valence-corrected chi connectivity index (χ3v) is 4.23. The van der Waals surface area contributed by atoms with Crippen LogP contribution in [0.25, 0.3) is 22.1 Å². The molecule has 0 aliphatic heterocycles. The molecule has 1 N–H and O–H groups in total. The Morgan fingerprint density at radius 2 is 1.84 bits per heavy atom. The summed E-state index contributed by atoms with van der Waals surface area (Å²) in [4.78, 5) is 14.5. The predicted octanol–water partition coefficient (Wildman–Crippen LogP) is 3.54. The third-order valence-electron chi connectivity index (χ3n) is 4.23. The maximum Gasteiger partial charge on any atom is 0.344 e. The summed E-state index contributed by atoms with van der Waals surface area (Å²) in [6.45, 7) is 2.43. The molecule has 0 fully saturated rings. The number of aryl methyl sites for hydroxylation is 1. The molecule has 0 aliphatic carbocycles. The number of methoxy groups -OCH3 is 1. The highest BCUT2D eigenvalue weighted by atomic mass is 16.5. The Morgan fingerprint density at radius 1 is 1.16 bits per heavy atom. The van der Waals surface area contributed by atoms with Gasteiger partial charge in [0.05, 0.1) is 12.7 Å². The molecule has 25 heavy (non-hydrogen) atoms. The van der Waals surface area contributed by atoms with Gasteiger partial charge in [0.15, 0.2) is 0 Å². The molecule has 0 amide bonds. The fourth-order valence-electron chi connectivity index (χ4n) is 2.99. The number of benzene rings is 2. The van der Waals surface area contributed by atoms with Crippen LogP contribution in [0.5, 0.6) is 11.5 Å². The average Bonchev–Trinajstić information content (AvgIpc) is 2.57. The summed E-state index contributed by atoms with van der Waals surface area (Å²) < 4.78 is 10.7. The van der Waals surface area contributed by atoms with Crippen LogP contribution in [0.15, 0.2) is 45.6 Å². The first kappa shape index (κ1) is 17.0. The van der Waals surface area contributed by atoms with Gasteiger partial charge >= 0.3 is 5.63 Å². The van der Waals surface area contributed by atoms with Gasteiger partial charge in [0.2, 0.25) is 0 Å². The molecule has 0 atom stereocenters. The lowest BCUT2D eigenvalue weighted by Gasteiger charge is -2.14. The highest BCUT2D eigenvalue weighted by Crippen LogP contribution is 2.32. The number of aromatic hydroxyl groups is 1. The van der Waals surface area contributed by atoms with E-state index in [0.29, 0.717) is 17.7 Å². The van der Waals surface area contributed by atoms with E-state index in [-0.39, 0.29) is 5.75 Å². The van der Waals surface area contributed by atoms with Gasteiger partial charge in [-0.3, -0.25) is 0 Å². The molecule has 0 spiro atoms. The molecule has 0 saturated carbocycles. The summed E-state index contributed by atoms with van der Waals surface area (Å²) in [5.41, 5.74) is 2.84. The highest BCUT2D eigenvalue weighted by molar-refractivity contribution is 5.88. The Balaban J connectivity index is 2.19. The van der Waals surface area contributed by atoms with Gasteiger partial charge in [-0.05, 0) is 56.4 Å². The number of ether oxygens (including phenoxy) is 1. The quantitative estimate of drug-likeness (QED) is 0.737. The second-order valence-corrected chi connectivity index (χ2v) is 6.33. The third kappa shape index (κ3) is 3.23. The van der Waals surface area contributed by atoms with Gasteiger partial charge in [-0.2, -0.15) is 0 Å². The fraction of sp³-hybridized carbons (Fsp3) is 0.250. The second kappa shape index (κ2) is 6.61. The summed E-state index contributed by atoms with van der Waals surface area (Å²) >= 11 is 0. The molecule has 3 rings (SSSR count). The number of nitrogens with zero attached hydrogens (tertiary/aromatic N) is 1. The van der Waals surface area contributed by atoms with Crippen molar-refractivity contribution in [3.8, 4) is 22.6 Å². The van der Waals surface area contributed by atoms with Crippen LogP contribution in [-0.4, -0.2) is 31.2 Å². The molecule has 0 unspecified atom stereocenters. The number of phenols is 1. The zero-order valence-corrected chi connectivity index (χ0v) is 14.8. The Bertz CT molecular complexity index is 972. The van der Waals surface area contributed by atoms with Gasteiger partial charge < -0.3 is 19.2 Å². The lowest BCUT2D eigenvalue weighted by molar-refractivity contribution is 0.385. The second-order valence-electron chi connectivity index (χ2n) is 6.33. The van der Waals surface area contributed by atoms with Gasteiger partial charge in [0.1, 0.15) is 17.1 Å². The van der Waals surface area contributed by atoms with Crippen molar-refractivity contribution >= 4 is 11.0 Å². The van der Waals surface area contributed by atoms with Crippen LogP contribution in [0, 0.1) is 6.92 Å². The van der Waals surface area contributed by atoms with E-state index in [2.05, 4.69) is 0 Å². The van der Waals surface area contributed by atoms with Crippen molar-refractivity contribution in [2.24, 2.45) is 0 Å². The summed E-state index contributed by atoms with van der Waals surface area (Å²) in [6, 6.07) is 10.6. The monoisotopic (exact) mass is 339 g/mol. The van der Waals surface area contributed by atoms with E-state index < -0.39 is 5.63 Å². The molecule has 130 valence electrons. The summed E-state index contributed by atoms with van der Waals surface area (Å²) in [5.74, 6) is 0.913. The van der Waals surface area contributed by atoms with E-state index >= 15 is 0 Å². The molecule has 0 aliphatic rings. The molecule has 0 radical (unpaired) electrons. The smallest absolute Gasteiger partial charge is 0.344 e. The molecule has 2 aromatic carbocycles. The van der Waals surface area contributed by atoms with Gasteiger partial charge in [0, 0.05) is 17.5 Å². The minimum absolute atomic E-state index is 0.193. The van der Waals surface area contributed by atoms with Gasteiger partial charge in [-0.1, -0.05) is 12.1 Å². The van der Waals surface area contributed by atoms with Crippen LogP contribution in [-0.2, 0) is 6.54 Å². The van der Waals surface area contributed by atoms with E-state index in [4.69, 9.17) is 9.15 Å². The summed E-state index contributed by atoms with van der Waals surface area (Å²) in [7, 11) is 5.43. The molecule has 5 nitrogen and oxygen atoms in total. The van der Waals surface area contributed by atoms with Crippen LogP contribution in [0.2, 0.25) is 0 Å². The van der Waals surface area contributed by atoms with Crippen LogP contribution in [0.1, 0.15) is 11.1 Å². The van der Waals surface area contributed by atoms with Crippen molar-refractivity contribution in [3.05, 3.63) is 57.9 Å². The van der Waals surface area contributed by atoms with E-state index in [0.717, 1.165) is 27.8 Å². The summed E-state index contributed by atoms with van der Waals surface area (Å²) in [5, 5.41) is 11.0. The fourth-order valence-corrected chi connectivity index (χ4v) is 2.99. The molecule has 1 aromatic heterocycles. The molecule has 0 bridgehead atoms. The lowest BCUT2D eigenvalue weighted by atomic mass is 9.98. The van der Waals surface area contributed by atoms with Gasteiger partial charge in [-0.25, -0.2) is 4.79 Å². The number of hydrogen-bond acceptors (Lipinski definition) is 5. The van der Waals surface area contributed by atoms with Crippen LogP contribution in [0.3, 0.4) is 0 Å².